The molecule has 0 spiro atoms. The summed E-state index contributed by atoms with van der Waals surface area (Å²) in [5, 5.41) is 24.3. The van der Waals surface area contributed by atoms with Crippen LogP contribution < -0.4 is 10.6 Å². The van der Waals surface area contributed by atoms with Crippen LogP contribution in [0.15, 0.2) is 42.5 Å². The first-order chi connectivity index (χ1) is 15.0. The molecule has 1 unspecified atom stereocenters. The fourth-order valence-electron chi connectivity index (χ4n) is 3.58. The minimum absolute atomic E-state index is 0.197. The summed E-state index contributed by atoms with van der Waals surface area (Å²) in [5.74, 6) is -0.647. The summed E-state index contributed by atoms with van der Waals surface area (Å²) < 4.78 is 19.5. The molecule has 3 atom stereocenters. The Hall–Kier alpha value is -2.91. The van der Waals surface area contributed by atoms with Crippen molar-refractivity contribution in [1.82, 2.24) is 10.6 Å². The standard InChI is InChI=1S/C23H21FN4O2S/c24-19-10-17(16-4-2-15(12-25)3-5-16)6-7-18(19)11-23(14-26)22(31-23)28-21(29)20-13-27-8-1-9-30-20/h2-7,10,20,22,27H,1,8-9,11,13H2,(H,28,29)/t20-,22?,23-/m0/s1. The van der Waals surface area contributed by atoms with E-state index < -0.39 is 22.0 Å². The molecule has 2 aromatic carbocycles. The second-order valence-corrected chi connectivity index (χ2v) is 9.03. The van der Waals surface area contributed by atoms with Crippen LogP contribution in [0.25, 0.3) is 11.1 Å². The Morgan fingerprint density at radius 1 is 1.26 bits per heavy atom. The monoisotopic (exact) mass is 436 g/mol. The van der Waals surface area contributed by atoms with Gasteiger partial charge in [-0.2, -0.15) is 10.5 Å². The van der Waals surface area contributed by atoms with Gasteiger partial charge in [-0.1, -0.05) is 24.3 Å². The van der Waals surface area contributed by atoms with E-state index in [4.69, 9.17) is 10.00 Å². The van der Waals surface area contributed by atoms with E-state index in [0.29, 0.717) is 29.8 Å². The molecule has 6 nitrogen and oxygen atoms in total. The summed E-state index contributed by atoms with van der Waals surface area (Å²) >= 11 is 1.32. The van der Waals surface area contributed by atoms with Gasteiger partial charge in [0.1, 0.15) is 22.0 Å². The number of nitriles is 2. The molecule has 2 aliphatic heterocycles. The molecule has 2 aliphatic rings. The highest BCUT2D eigenvalue weighted by atomic mass is 32.2. The van der Waals surface area contributed by atoms with Crippen molar-refractivity contribution in [3.05, 3.63) is 59.4 Å². The number of nitrogens with zero attached hydrogens (tertiary/aromatic N) is 2. The van der Waals surface area contributed by atoms with Crippen molar-refractivity contribution < 1.29 is 13.9 Å². The number of benzene rings is 2. The topological polar surface area (TPSA) is 97.9 Å². The molecule has 2 N–H and O–H groups in total. The van der Waals surface area contributed by atoms with Crippen LogP contribution in [0.3, 0.4) is 0 Å². The maximum Gasteiger partial charge on any atom is 0.251 e. The van der Waals surface area contributed by atoms with E-state index in [-0.39, 0.29) is 12.3 Å². The van der Waals surface area contributed by atoms with Crippen LogP contribution in [0, 0.1) is 28.5 Å². The molecule has 0 radical (unpaired) electrons. The van der Waals surface area contributed by atoms with Crippen LogP contribution in [0.5, 0.6) is 0 Å². The second kappa shape index (κ2) is 9.07. The van der Waals surface area contributed by atoms with Gasteiger partial charge in [-0.05, 0) is 47.9 Å². The normalized spacial score (nSPS) is 25.0. The molecule has 4 rings (SSSR count). The summed E-state index contributed by atoms with van der Waals surface area (Å²) in [6, 6.07) is 16.2. The van der Waals surface area contributed by atoms with E-state index in [9.17, 15) is 14.4 Å². The van der Waals surface area contributed by atoms with Gasteiger partial charge >= 0.3 is 0 Å². The van der Waals surface area contributed by atoms with Crippen molar-refractivity contribution in [2.75, 3.05) is 19.7 Å². The molecule has 0 saturated carbocycles. The molecule has 2 fully saturated rings. The number of carbonyl (C=O) groups excluding carboxylic acids is 1. The van der Waals surface area contributed by atoms with Crippen molar-refractivity contribution in [2.45, 2.75) is 29.1 Å². The third-order valence-electron chi connectivity index (χ3n) is 5.45. The molecule has 2 heterocycles. The SMILES string of the molecule is N#Cc1ccc(-c2ccc(C[C@@]3(C#N)SC3NC(=O)[C@@H]3CNCCCO3)c(F)c2)cc1. The van der Waals surface area contributed by atoms with Crippen molar-refractivity contribution in [2.24, 2.45) is 0 Å². The zero-order valence-electron chi connectivity index (χ0n) is 16.7. The maximum atomic E-state index is 14.8. The molecule has 1 amide bonds. The molecular weight excluding hydrogens is 415 g/mol. The lowest BCUT2D eigenvalue weighted by atomic mass is 9.96. The summed E-state index contributed by atoms with van der Waals surface area (Å²) in [4.78, 5) is 12.5. The highest BCUT2D eigenvalue weighted by Gasteiger charge is 2.58. The molecular formula is C23H21FN4O2S. The van der Waals surface area contributed by atoms with E-state index in [1.165, 1.54) is 17.8 Å². The average molecular weight is 437 g/mol. The summed E-state index contributed by atoms with van der Waals surface area (Å²) in [6.07, 6.45) is 0.466. The molecule has 31 heavy (non-hydrogen) atoms. The lowest BCUT2D eigenvalue weighted by molar-refractivity contribution is -0.132. The van der Waals surface area contributed by atoms with Crippen LogP contribution in [0.1, 0.15) is 17.5 Å². The Morgan fingerprint density at radius 3 is 2.74 bits per heavy atom. The number of hydrogen-bond acceptors (Lipinski definition) is 6. The Bertz CT molecular complexity index is 1050. The van der Waals surface area contributed by atoms with E-state index in [0.717, 1.165) is 18.5 Å². The van der Waals surface area contributed by atoms with Crippen LogP contribution in [0.2, 0.25) is 0 Å². The number of nitrogens with one attached hydrogen (secondary N) is 2. The van der Waals surface area contributed by atoms with Crippen LogP contribution in [-0.2, 0) is 16.0 Å². The third kappa shape index (κ3) is 4.72. The predicted octanol–water partition coefficient (Wildman–Crippen LogP) is 2.74. The molecule has 0 aliphatic carbocycles. The second-order valence-electron chi connectivity index (χ2n) is 7.60. The zero-order chi connectivity index (χ0) is 21.8. The number of thioether (sulfide) groups is 1. The first-order valence-corrected chi connectivity index (χ1v) is 10.9. The van der Waals surface area contributed by atoms with Gasteiger partial charge in [0.05, 0.1) is 17.7 Å². The first-order valence-electron chi connectivity index (χ1n) is 10.1. The fraction of sp³-hybridized carbons (Fsp3) is 0.348. The zero-order valence-corrected chi connectivity index (χ0v) is 17.5. The van der Waals surface area contributed by atoms with Crippen LogP contribution >= 0.6 is 11.8 Å². The number of carbonyl (C=O) groups is 1. The fourth-order valence-corrected chi connectivity index (χ4v) is 4.59. The van der Waals surface area contributed by atoms with Gasteiger partial charge in [-0.15, -0.1) is 11.8 Å². The van der Waals surface area contributed by atoms with Crippen molar-refractivity contribution in [3.8, 4) is 23.3 Å². The van der Waals surface area contributed by atoms with Gasteiger partial charge in [0.15, 0.2) is 0 Å². The van der Waals surface area contributed by atoms with E-state index >= 15 is 0 Å². The molecule has 2 saturated heterocycles. The lowest BCUT2D eigenvalue weighted by Crippen LogP contribution is -2.44. The Morgan fingerprint density at radius 2 is 2.03 bits per heavy atom. The number of ether oxygens (including phenoxy) is 1. The molecule has 0 bridgehead atoms. The van der Waals surface area contributed by atoms with E-state index in [1.807, 2.05) is 0 Å². The number of amides is 1. The van der Waals surface area contributed by atoms with E-state index in [2.05, 4.69) is 22.8 Å². The van der Waals surface area contributed by atoms with E-state index in [1.54, 1.807) is 36.4 Å². The van der Waals surface area contributed by atoms with Crippen molar-refractivity contribution in [3.63, 3.8) is 0 Å². The van der Waals surface area contributed by atoms with Gasteiger partial charge in [0, 0.05) is 19.6 Å². The van der Waals surface area contributed by atoms with Crippen molar-refractivity contribution in [1.29, 1.82) is 10.5 Å². The molecule has 158 valence electrons. The van der Waals surface area contributed by atoms with Gasteiger partial charge in [-0.3, -0.25) is 4.79 Å². The van der Waals surface area contributed by atoms with Gasteiger partial charge < -0.3 is 15.4 Å². The van der Waals surface area contributed by atoms with Gasteiger partial charge in [0.25, 0.3) is 5.91 Å². The summed E-state index contributed by atoms with van der Waals surface area (Å²) in [7, 11) is 0. The first kappa shape index (κ1) is 21.3. The highest BCUT2D eigenvalue weighted by molar-refractivity contribution is 8.09. The Labute approximate surface area is 184 Å². The molecule has 8 heteroatoms. The Kier molecular flexibility index (Phi) is 6.24. The quantitative estimate of drug-likeness (QED) is 0.700. The third-order valence-corrected chi connectivity index (χ3v) is 6.84. The van der Waals surface area contributed by atoms with Crippen LogP contribution in [-0.4, -0.2) is 41.8 Å². The Balaban J connectivity index is 1.42. The number of halogens is 1. The number of rotatable bonds is 5. The van der Waals surface area contributed by atoms with Gasteiger partial charge in [0.2, 0.25) is 0 Å². The average Bonchev–Trinajstić information content (AvgIpc) is 3.54. The maximum absolute atomic E-state index is 14.8. The van der Waals surface area contributed by atoms with Crippen LogP contribution in [0.4, 0.5) is 4.39 Å². The minimum atomic E-state index is -0.884. The molecule has 0 aromatic heterocycles. The number of hydrogen-bond donors (Lipinski definition) is 2. The smallest absolute Gasteiger partial charge is 0.251 e. The highest BCUT2D eigenvalue weighted by Crippen LogP contribution is 2.53. The lowest BCUT2D eigenvalue weighted by Gasteiger charge is -2.15. The largest absolute Gasteiger partial charge is 0.367 e. The van der Waals surface area contributed by atoms with Crippen molar-refractivity contribution >= 4 is 17.7 Å². The summed E-state index contributed by atoms with van der Waals surface area (Å²) in [6.45, 7) is 1.76. The van der Waals surface area contributed by atoms with Gasteiger partial charge in [-0.25, -0.2) is 4.39 Å². The summed E-state index contributed by atoms with van der Waals surface area (Å²) in [5.41, 5.74) is 2.47. The molecule has 2 aromatic rings. The minimum Gasteiger partial charge on any atom is -0.367 e. The predicted molar refractivity (Wildman–Crippen MR) is 115 cm³/mol.